The van der Waals surface area contributed by atoms with Gasteiger partial charge in [0.1, 0.15) is 23.4 Å². The molecule has 11 heteroatoms. The third kappa shape index (κ3) is 12.1. The van der Waals surface area contributed by atoms with E-state index in [0.29, 0.717) is 24.2 Å². The number of nitrogens with one attached hydrogen (secondary N) is 2. The van der Waals surface area contributed by atoms with E-state index >= 15 is 0 Å². The second kappa shape index (κ2) is 17.7. The molecule has 0 fully saturated rings. The van der Waals surface area contributed by atoms with E-state index in [0.717, 1.165) is 12.8 Å². The molecule has 0 aliphatic rings. The zero-order valence-electron chi connectivity index (χ0n) is 25.0. The topological polar surface area (TPSA) is 134 Å². The molecular weight excluding hydrogens is 534 g/mol. The fourth-order valence-electron chi connectivity index (χ4n) is 4.01. The summed E-state index contributed by atoms with van der Waals surface area (Å²) in [6.45, 7) is 11.1. The zero-order valence-corrected chi connectivity index (χ0v) is 25.8. The predicted molar refractivity (Wildman–Crippen MR) is 157 cm³/mol. The van der Waals surface area contributed by atoms with Crippen LogP contribution in [0.5, 0.6) is 5.75 Å². The zero-order chi connectivity index (χ0) is 30.3. The van der Waals surface area contributed by atoms with Crippen molar-refractivity contribution in [2.75, 3.05) is 31.7 Å². The molecule has 0 spiro atoms. The Balaban J connectivity index is 3.49. The standard InChI is InChI=1S/C29H47N3O7S/c1-8-10-11-18-32(27(36)22(16-19-40-7)31-28(37)39-29(4,5)6)24(21-14-12-13-20(3)25(21)34)26(35)30-17-15-23(33)38-9-2/h12-14,22,24,34H,8-11,15-19H2,1-7H3,(H,30,35)(H,31,37). The molecule has 3 amide bonds. The average Bonchev–Trinajstić information content (AvgIpc) is 2.87. The van der Waals surface area contributed by atoms with Crippen molar-refractivity contribution in [2.45, 2.75) is 91.3 Å². The van der Waals surface area contributed by atoms with Crippen molar-refractivity contribution >= 4 is 35.6 Å². The van der Waals surface area contributed by atoms with Gasteiger partial charge in [0.15, 0.2) is 0 Å². The number of esters is 1. The Kier molecular flexibility index (Phi) is 15.5. The summed E-state index contributed by atoms with van der Waals surface area (Å²) in [4.78, 5) is 53.8. The lowest BCUT2D eigenvalue weighted by Crippen LogP contribution is -2.53. The first-order chi connectivity index (χ1) is 18.9. The van der Waals surface area contributed by atoms with Crippen molar-refractivity contribution in [3.63, 3.8) is 0 Å². The maximum atomic E-state index is 14.1. The Morgan fingerprint density at radius 2 is 1.82 bits per heavy atom. The summed E-state index contributed by atoms with van der Waals surface area (Å²) in [6.07, 6.45) is 3.78. The van der Waals surface area contributed by atoms with Crippen molar-refractivity contribution in [3.05, 3.63) is 29.3 Å². The minimum absolute atomic E-state index is 0.00377. The second-order valence-corrected chi connectivity index (χ2v) is 11.5. The number of carbonyl (C=O) groups excluding carboxylic acids is 4. The van der Waals surface area contributed by atoms with Crippen molar-refractivity contribution in [1.82, 2.24) is 15.5 Å². The van der Waals surface area contributed by atoms with Gasteiger partial charge in [-0.2, -0.15) is 11.8 Å². The second-order valence-electron chi connectivity index (χ2n) is 10.5. The minimum Gasteiger partial charge on any atom is -0.507 e. The van der Waals surface area contributed by atoms with Crippen molar-refractivity contribution in [2.24, 2.45) is 0 Å². The quantitative estimate of drug-likeness (QED) is 0.192. The molecule has 0 aliphatic heterocycles. The Morgan fingerprint density at radius 1 is 1.12 bits per heavy atom. The molecule has 1 rings (SSSR count). The van der Waals surface area contributed by atoms with E-state index in [1.807, 2.05) is 13.2 Å². The first-order valence-electron chi connectivity index (χ1n) is 13.9. The minimum atomic E-state index is -1.19. The Bertz CT molecular complexity index is 981. The number of amides is 3. The molecule has 0 aromatic heterocycles. The van der Waals surface area contributed by atoms with Gasteiger partial charge in [0.2, 0.25) is 11.8 Å². The first kappa shape index (κ1) is 35.1. The lowest BCUT2D eigenvalue weighted by Gasteiger charge is -2.35. The molecule has 0 radical (unpaired) electrons. The van der Waals surface area contributed by atoms with E-state index in [2.05, 4.69) is 10.6 Å². The van der Waals surface area contributed by atoms with Gasteiger partial charge in [0, 0.05) is 18.7 Å². The molecule has 10 nitrogen and oxygen atoms in total. The van der Waals surface area contributed by atoms with E-state index in [-0.39, 0.29) is 37.4 Å². The van der Waals surface area contributed by atoms with Gasteiger partial charge in [-0.1, -0.05) is 38.0 Å². The molecule has 1 aromatic rings. The largest absolute Gasteiger partial charge is 0.507 e. The molecule has 226 valence electrons. The number of para-hydroxylation sites is 1. The van der Waals surface area contributed by atoms with Crippen LogP contribution in [0.3, 0.4) is 0 Å². The van der Waals surface area contributed by atoms with E-state index in [4.69, 9.17) is 9.47 Å². The highest BCUT2D eigenvalue weighted by Crippen LogP contribution is 2.32. The van der Waals surface area contributed by atoms with Gasteiger partial charge in [-0.3, -0.25) is 14.4 Å². The molecule has 2 atom stereocenters. The molecule has 2 unspecified atom stereocenters. The number of phenols is 1. The highest BCUT2D eigenvalue weighted by molar-refractivity contribution is 7.98. The molecule has 0 heterocycles. The lowest BCUT2D eigenvalue weighted by molar-refractivity contribution is -0.144. The number of unbranched alkanes of at least 4 members (excludes halogenated alkanes) is 2. The number of phenolic OH excluding ortho intramolecular Hbond substituents is 1. The molecule has 0 saturated heterocycles. The SMILES string of the molecule is CCCCCN(C(=O)C(CCSC)NC(=O)OC(C)(C)C)C(C(=O)NCCC(=O)OCC)c1cccc(C)c1O. The van der Waals surface area contributed by atoms with Crippen LogP contribution in [0.1, 0.15) is 83.9 Å². The molecule has 40 heavy (non-hydrogen) atoms. The third-order valence-corrected chi connectivity index (χ3v) is 6.59. The van der Waals surface area contributed by atoms with E-state index in [1.165, 1.54) is 16.7 Å². The number of aromatic hydroxyl groups is 1. The maximum Gasteiger partial charge on any atom is 0.408 e. The van der Waals surface area contributed by atoms with Gasteiger partial charge in [0.25, 0.3) is 0 Å². The van der Waals surface area contributed by atoms with Gasteiger partial charge < -0.3 is 30.1 Å². The third-order valence-electron chi connectivity index (χ3n) is 5.94. The Labute approximate surface area is 242 Å². The number of benzene rings is 1. The highest BCUT2D eigenvalue weighted by Gasteiger charge is 2.37. The number of hydrogen-bond donors (Lipinski definition) is 3. The molecule has 0 aliphatic carbocycles. The van der Waals surface area contributed by atoms with E-state index in [9.17, 15) is 24.3 Å². The molecule has 1 aromatic carbocycles. The lowest BCUT2D eigenvalue weighted by atomic mass is 9.98. The van der Waals surface area contributed by atoms with Crippen molar-refractivity contribution in [1.29, 1.82) is 0 Å². The number of hydrogen-bond acceptors (Lipinski definition) is 8. The van der Waals surface area contributed by atoms with Crippen molar-refractivity contribution < 1.29 is 33.8 Å². The van der Waals surface area contributed by atoms with Crippen LogP contribution in [-0.4, -0.2) is 77.2 Å². The summed E-state index contributed by atoms with van der Waals surface area (Å²) in [7, 11) is 0. The van der Waals surface area contributed by atoms with Crippen molar-refractivity contribution in [3.8, 4) is 5.75 Å². The van der Waals surface area contributed by atoms with Crippen LogP contribution in [0, 0.1) is 6.92 Å². The van der Waals surface area contributed by atoms with Crippen LogP contribution in [0.4, 0.5) is 4.79 Å². The molecule has 0 bridgehead atoms. The summed E-state index contributed by atoms with van der Waals surface area (Å²) < 4.78 is 10.4. The fourth-order valence-corrected chi connectivity index (χ4v) is 4.48. The summed E-state index contributed by atoms with van der Waals surface area (Å²) in [5, 5.41) is 16.4. The predicted octanol–water partition coefficient (Wildman–Crippen LogP) is 4.48. The Hall–Kier alpha value is -2.95. The highest BCUT2D eigenvalue weighted by atomic mass is 32.2. The summed E-state index contributed by atoms with van der Waals surface area (Å²) in [5.41, 5.74) is 0.0557. The summed E-state index contributed by atoms with van der Waals surface area (Å²) >= 11 is 1.53. The fraction of sp³-hybridized carbons (Fsp3) is 0.655. The first-order valence-corrected chi connectivity index (χ1v) is 15.3. The van der Waals surface area contributed by atoms with Crippen LogP contribution in [0.15, 0.2) is 18.2 Å². The molecule has 3 N–H and O–H groups in total. The Morgan fingerprint density at radius 3 is 2.42 bits per heavy atom. The number of carbonyl (C=O) groups is 4. The van der Waals surface area contributed by atoms with Gasteiger partial charge in [0.05, 0.1) is 13.0 Å². The van der Waals surface area contributed by atoms with Gasteiger partial charge in [-0.25, -0.2) is 4.79 Å². The van der Waals surface area contributed by atoms with Gasteiger partial charge >= 0.3 is 12.1 Å². The normalized spacial score (nSPS) is 12.7. The summed E-state index contributed by atoms with van der Waals surface area (Å²) in [6, 6.07) is 2.89. The number of rotatable bonds is 16. The number of ether oxygens (including phenoxy) is 2. The molecule has 0 saturated carbocycles. The van der Waals surface area contributed by atoms with Crippen LogP contribution in [0.25, 0.3) is 0 Å². The summed E-state index contributed by atoms with van der Waals surface area (Å²) in [5.74, 6) is -0.964. The van der Waals surface area contributed by atoms with Crippen LogP contribution in [0.2, 0.25) is 0 Å². The smallest absolute Gasteiger partial charge is 0.408 e. The molecular formula is C29H47N3O7S. The van der Waals surface area contributed by atoms with Crippen LogP contribution < -0.4 is 10.6 Å². The van der Waals surface area contributed by atoms with Gasteiger partial charge in [-0.15, -0.1) is 0 Å². The number of thioether (sulfide) groups is 1. The van der Waals surface area contributed by atoms with Gasteiger partial charge in [-0.05, 0) is 65.0 Å². The monoisotopic (exact) mass is 581 g/mol. The van der Waals surface area contributed by atoms with Crippen LogP contribution >= 0.6 is 11.8 Å². The number of nitrogens with zero attached hydrogens (tertiary/aromatic N) is 1. The average molecular weight is 582 g/mol. The maximum absolute atomic E-state index is 14.1. The van der Waals surface area contributed by atoms with Crippen LogP contribution in [-0.2, 0) is 23.9 Å². The number of alkyl carbamates (subject to hydrolysis) is 1. The van der Waals surface area contributed by atoms with E-state index < -0.39 is 41.6 Å². The van der Waals surface area contributed by atoms with E-state index in [1.54, 1.807) is 52.8 Å². The number of aryl methyl sites for hydroxylation is 1.